The predicted molar refractivity (Wildman–Crippen MR) is 140 cm³/mol. The zero-order valence-electron chi connectivity index (χ0n) is 22.6. The van der Waals surface area contributed by atoms with Gasteiger partial charge in [0.15, 0.2) is 5.79 Å². The summed E-state index contributed by atoms with van der Waals surface area (Å²) in [5, 5.41) is 11.2. The Morgan fingerprint density at radius 1 is 0.917 bits per heavy atom. The Morgan fingerprint density at radius 2 is 1.69 bits per heavy atom. The maximum Gasteiger partial charge on any atom is 0.172 e. The second kappa shape index (κ2) is 8.61. The van der Waals surface area contributed by atoms with Crippen LogP contribution in [0.4, 0.5) is 0 Å². The van der Waals surface area contributed by atoms with E-state index < -0.39 is 5.79 Å². The van der Waals surface area contributed by atoms with E-state index in [1.54, 1.807) is 25.4 Å². The van der Waals surface area contributed by atoms with Gasteiger partial charge in [-0.1, -0.05) is 26.3 Å². The third-order valence-corrected chi connectivity index (χ3v) is 10.0. The van der Waals surface area contributed by atoms with Crippen molar-refractivity contribution in [2.24, 2.45) is 22.7 Å². The molecule has 1 aromatic rings. The molecule has 6 rings (SSSR count). The Bertz CT molecular complexity index is 1100. The first-order valence-electron chi connectivity index (χ1n) is 13.8. The molecule has 4 atom stereocenters. The van der Waals surface area contributed by atoms with Crippen LogP contribution in [0, 0.1) is 22.7 Å². The number of fused-ring (bicyclic) bond motifs is 4. The van der Waals surface area contributed by atoms with E-state index in [4.69, 9.17) is 18.9 Å². The highest BCUT2D eigenvalue weighted by atomic mass is 16.7. The summed E-state index contributed by atoms with van der Waals surface area (Å²) in [7, 11) is 3.44. The molecule has 1 N–H and O–H groups in total. The smallest absolute Gasteiger partial charge is 0.172 e. The molecule has 1 saturated heterocycles. The van der Waals surface area contributed by atoms with Gasteiger partial charge in [0.2, 0.25) is 0 Å². The summed E-state index contributed by atoms with van der Waals surface area (Å²) in [4.78, 5) is 0. The van der Waals surface area contributed by atoms with Crippen molar-refractivity contribution in [1.29, 1.82) is 0 Å². The molecule has 0 unspecified atom stereocenters. The predicted octanol–water partition coefficient (Wildman–Crippen LogP) is 6.30. The maximum atomic E-state index is 11.2. The van der Waals surface area contributed by atoms with E-state index in [-0.39, 0.29) is 16.9 Å². The summed E-state index contributed by atoms with van der Waals surface area (Å²) in [5.41, 5.74) is 7.12. The van der Waals surface area contributed by atoms with Crippen molar-refractivity contribution in [3.8, 4) is 11.5 Å². The fourth-order valence-corrected chi connectivity index (χ4v) is 7.98. The highest BCUT2D eigenvalue weighted by Crippen LogP contribution is 2.63. The van der Waals surface area contributed by atoms with Crippen LogP contribution in [0.1, 0.15) is 77.7 Å². The van der Waals surface area contributed by atoms with Crippen molar-refractivity contribution in [3.05, 3.63) is 40.5 Å². The fraction of sp³-hybridized carbons (Fsp3) is 0.677. The van der Waals surface area contributed by atoms with Crippen molar-refractivity contribution in [2.45, 2.75) is 84.0 Å². The molecule has 0 aromatic heterocycles. The molecule has 0 bridgehead atoms. The summed E-state index contributed by atoms with van der Waals surface area (Å²) >= 11 is 0. The van der Waals surface area contributed by atoms with Crippen LogP contribution in [-0.4, -0.2) is 44.4 Å². The summed E-state index contributed by atoms with van der Waals surface area (Å²) in [6, 6.07) is 6.20. The maximum absolute atomic E-state index is 11.2. The zero-order chi connectivity index (χ0) is 25.3. The minimum Gasteiger partial charge on any atom is -0.497 e. The van der Waals surface area contributed by atoms with Gasteiger partial charge < -0.3 is 24.1 Å². The molecule has 1 aliphatic heterocycles. The molecule has 1 spiro atoms. The quantitative estimate of drug-likeness (QED) is 0.535. The number of hydrogen-bond acceptors (Lipinski definition) is 5. The Balaban J connectivity index is 1.47. The Kier molecular flexibility index (Phi) is 5.86. The van der Waals surface area contributed by atoms with E-state index in [0.717, 1.165) is 81.6 Å². The van der Waals surface area contributed by atoms with Gasteiger partial charge in [-0.3, -0.25) is 0 Å². The Labute approximate surface area is 215 Å². The van der Waals surface area contributed by atoms with Crippen LogP contribution in [0.3, 0.4) is 0 Å². The van der Waals surface area contributed by atoms with Crippen LogP contribution in [0.2, 0.25) is 0 Å². The van der Waals surface area contributed by atoms with Gasteiger partial charge in [0, 0.05) is 35.3 Å². The first kappa shape index (κ1) is 24.5. The second-order valence-corrected chi connectivity index (χ2v) is 12.9. The van der Waals surface area contributed by atoms with Crippen LogP contribution < -0.4 is 9.47 Å². The average Bonchev–Trinajstić information content (AvgIpc) is 3.18. The van der Waals surface area contributed by atoms with E-state index in [9.17, 15) is 5.11 Å². The normalized spacial score (nSPS) is 34.8. The molecule has 4 aliphatic carbocycles. The third kappa shape index (κ3) is 3.76. The number of ether oxygens (including phenoxy) is 4. The third-order valence-electron chi connectivity index (χ3n) is 10.0. The molecule has 0 radical (unpaired) electrons. The topological polar surface area (TPSA) is 57.2 Å². The van der Waals surface area contributed by atoms with E-state index >= 15 is 0 Å². The molecule has 196 valence electrons. The molecule has 1 saturated carbocycles. The van der Waals surface area contributed by atoms with Crippen molar-refractivity contribution in [2.75, 3.05) is 27.4 Å². The lowest BCUT2D eigenvalue weighted by atomic mass is 9.55. The number of aliphatic hydroxyl groups excluding tert-OH is 1. The number of hydrogen-bond donors (Lipinski definition) is 1. The first-order chi connectivity index (χ1) is 17.2. The largest absolute Gasteiger partial charge is 0.497 e. The number of aliphatic hydroxyl groups is 1. The molecule has 2 fully saturated rings. The molecule has 0 amide bonds. The van der Waals surface area contributed by atoms with Gasteiger partial charge >= 0.3 is 0 Å². The van der Waals surface area contributed by atoms with Crippen molar-refractivity contribution < 1.29 is 24.1 Å². The van der Waals surface area contributed by atoms with E-state index in [1.165, 1.54) is 11.1 Å². The van der Waals surface area contributed by atoms with Crippen LogP contribution in [0.5, 0.6) is 11.5 Å². The Hall–Kier alpha value is -1.82. The zero-order valence-corrected chi connectivity index (χ0v) is 22.6. The number of allylic oxidation sites excluding steroid dienone is 3. The number of methoxy groups -OCH3 is 2. The summed E-state index contributed by atoms with van der Waals surface area (Å²) < 4.78 is 24.3. The molecular formula is C31H42O5. The Morgan fingerprint density at radius 3 is 2.42 bits per heavy atom. The van der Waals surface area contributed by atoms with Gasteiger partial charge in [-0.2, -0.15) is 0 Å². The highest BCUT2D eigenvalue weighted by Gasteiger charge is 2.55. The molecule has 5 aliphatic rings. The van der Waals surface area contributed by atoms with Crippen LogP contribution >= 0.6 is 0 Å². The number of benzene rings is 1. The fourth-order valence-electron chi connectivity index (χ4n) is 7.98. The van der Waals surface area contributed by atoms with E-state index in [0.29, 0.717) is 11.8 Å². The van der Waals surface area contributed by atoms with Gasteiger partial charge in [-0.05, 0) is 79.2 Å². The average molecular weight is 495 g/mol. The van der Waals surface area contributed by atoms with Crippen LogP contribution in [0.25, 0.3) is 5.57 Å². The van der Waals surface area contributed by atoms with Crippen molar-refractivity contribution in [3.63, 3.8) is 0 Å². The number of rotatable bonds is 3. The summed E-state index contributed by atoms with van der Waals surface area (Å²) in [5.74, 6) is 2.22. The SMILES string of the molecule is COc1ccc(C2=C3C4=C(CC[C@H]3[C@@H]3CC[C@H](O)[C@@]3(C)C2)CC2(CC4)OCC(C)(C)CO2)c(OC)c1. The standard InChI is InChI=1S/C31H42O5/c1-29(2)17-35-31(36-18-29)13-12-21-19(15-31)6-8-23-25-10-11-27(32)30(25,3)16-24(28(21)23)22-9-7-20(33-4)14-26(22)34-5/h7,9,14,23,25,27,32H,6,8,10-13,15-18H2,1-5H3/t23-,25-,27-,30-/m0/s1. The van der Waals surface area contributed by atoms with Crippen molar-refractivity contribution in [1.82, 2.24) is 0 Å². The lowest BCUT2D eigenvalue weighted by Gasteiger charge is -2.52. The molecule has 1 aromatic carbocycles. The molecule has 1 heterocycles. The van der Waals surface area contributed by atoms with Crippen molar-refractivity contribution >= 4 is 5.57 Å². The highest BCUT2D eigenvalue weighted by molar-refractivity contribution is 5.79. The van der Waals surface area contributed by atoms with E-state index in [2.05, 4.69) is 26.8 Å². The molecule has 36 heavy (non-hydrogen) atoms. The van der Waals surface area contributed by atoms with Gasteiger partial charge in [-0.25, -0.2) is 0 Å². The molecule has 5 nitrogen and oxygen atoms in total. The summed E-state index contributed by atoms with van der Waals surface area (Å²) in [6.45, 7) is 8.27. The van der Waals surface area contributed by atoms with E-state index in [1.807, 2.05) is 12.1 Å². The van der Waals surface area contributed by atoms with Crippen LogP contribution in [-0.2, 0) is 9.47 Å². The molecule has 5 heteroatoms. The second-order valence-electron chi connectivity index (χ2n) is 12.9. The van der Waals surface area contributed by atoms with Gasteiger partial charge in [0.05, 0.1) is 33.5 Å². The first-order valence-corrected chi connectivity index (χ1v) is 13.8. The van der Waals surface area contributed by atoms with Crippen LogP contribution in [0.15, 0.2) is 34.9 Å². The van der Waals surface area contributed by atoms with Gasteiger partial charge in [0.1, 0.15) is 11.5 Å². The summed E-state index contributed by atoms with van der Waals surface area (Å²) in [6.07, 6.45) is 7.70. The molecular weight excluding hydrogens is 452 g/mol. The minimum absolute atomic E-state index is 0.0787. The lowest BCUT2D eigenvalue weighted by Crippen LogP contribution is -2.50. The lowest BCUT2D eigenvalue weighted by molar-refractivity contribution is -0.302. The minimum atomic E-state index is -0.452. The van der Waals surface area contributed by atoms with Gasteiger partial charge in [0.25, 0.3) is 0 Å². The monoisotopic (exact) mass is 494 g/mol. The van der Waals surface area contributed by atoms with Gasteiger partial charge in [-0.15, -0.1) is 0 Å².